The van der Waals surface area contributed by atoms with Gasteiger partial charge in [0, 0.05) is 29.7 Å². The number of carbonyl (C=O) groups is 1. The highest BCUT2D eigenvalue weighted by molar-refractivity contribution is 7.11. The number of thiazole rings is 1. The molecule has 0 saturated heterocycles. The third-order valence-corrected chi connectivity index (χ3v) is 4.10. The maximum absolute atomic E-state index is 12.1. The normalized spacial score (nSPS) is 13.3. The topological polar surface area (TPSA) is 54.0 Å². The number of nitrogens with zero attached hydrogens (tertiary/aromatic N) is 1. The average molecular weight is 273 g/mol. The molecule has 0 spiro atoms. The summed E-state index contributed by atoms with van der Waals surface area (Å²) < 4.78 is 0. The third kappa shape index (κ3) is 2.67. The predicted molar refractivity (Wildman–Crippen MR) is 75.0 cm³/mol. The number of rotatable bonds is 3. The first-order valence-electron chi connectivity index (χ1n) is 6.24. The Bertz CT molecular complexity index is 621. The van der Waals surface area contributed by atoms with Gasteiger partial charge in [0.2, 0.25) is 0 Å². The number of nitrogens with one attached hydrogen (secondary N) is 2. The third-order valence-electron chi connectivity index (χ3n) is 3.19. The molecule has 1 aliphatic rings. The molecule has 0 saturated carbocycles. The van der Waals surface area contributed by atoms with Gasteiger partial charge in [-0.2, -0.15) is 0 Å². The van der Waals surface area contributed by atoms with Crippen molar-refractivity contribution in [3.63, 3.8) is 0 Å². The molecular formula is C14H15N3OS. The van der Waals surface area contributed by atoms with E-state index in [-0.39, 0.29) is 5.91 Å². The first-order chi connectivity index (χ1) is 9.22. The average Bonchev–Trinajstić information content (AvgIpc) is 3.03. The summed E-state index contributed by atoms with van der Waals surface area (Å²) >= 11 is 1.61. The lowest BCUT2D eigenvalue weighted by atomic mass is 10.1. The summed E-state index contributed by atoms with van der Waals surface area (Å²) in [7, 11) is 0. The molecule has 1 aromatic heterocycles. The van der Waals surface area contributed by atoms with Crippen molar-refractivity contribution in [1.29, 1.82) is 0 Å². The summed E-state index contributed by atoms with van der Waals surface area (Å²) in [6, 6.07) is 5.89. The molecule has 0 radical (unpaired) electrons. The Morgan fingerprint density at radius 2 is 2.26 bits per heavy atom. The Morgan fingerprint density at radius 3 is 3.05 bits per heavy atom. The van der Waals surface area contributed by atoms with Gasteiger partial charge in [-0.05, 0) is 30.2 Å². The number of fused-ring (bicyclic) bond motifs is 1. The SMILES string of the molecule is Cc1ncc(CNC(=O)c2ccc3c(c2)CNC3)s1. The van der Waals surface area contributed by atoms with Gasteiger partial charge >= 0.3 is 0 Å². The van der Waals surface area contributed by atoms with Gasteiger partial charge in [-0.25, -0.2) is 4.98 Å². The van der Waals surface area contributed by atoms with E-state index in [4.69, 9.17) is 0 Å². The van der Waals surface area contributed by atoms with Crippen molar-refractivity contribution in [2.45, 2.75) is 26.6 Å². The molecule has 19 heavy (non-hydrogen) atoms. The van der Waals surface area contributed by atoms with Crippen LogP contribution in [0, 0.1) is 6.92 Å². The number of benzene rings is 1. The predicted octanol–water partition coefficient (Wildman–Crippen LogP) is 1.98. The molecule has 0 atom stereocenters. The zero-order chi connectivity index (χ0) is 13.2. The number of aromatic nitrogens is 1. The minimum Gasteiger partial charge on any atom is -0.347 e. The molecule has 1 amide bonds. The minimum absolute atomic E-state index is 0.0271. The second-order valence-corrected chi connectivity index (χ2v) is 5.93. The van der Waals surface area contributed by atoms with Crippen LogP contribution in [0.4, 0.5) is 0 Å². The van der Waals surface area contributed by atoms with E-state index in [1.165, 1.54) is 11.1 Å². The molecule has 3 rings (SSSR count). The van der Waals surface area contributed by atoms with Crippen molar-refractivity contribution in [2.24, 2.45) is 0 Å². The van der Waals surface area contributed by atoms with E-state index in [0.717, 1.165) is 28.5 Å². The Morgan fingerprint density at radius 1 is 1.42 bits per heavy atom. The maximum Gasteiger partial charge on any atom is 0.251 e. The summed E-state index contributed by atoms with van der Waals surface area (Å²) in [4.78, 5) is 17.3. The van der Waals surface area contributed by atoms with Crippen LogP contribution in [0.2, 0.25) is 0 Å². The summed E-state index contributed by atoms with van der Waals surface area (Å²) in [5, 5.41) is 7.23. The van der Waals surface area contributed by atoms with Crippen LogP contribution >= 0.6 is 11.3 Å². The van der Waals surface area contributed by atoms with Crippen LogP contribution in [0.5, 0.6) is 0 Å². The molecule has 2 N–H and O–H groups in total. The van der Waals surface area contributed by atoms with E-state index in [1.807, 2.05) is 31.3 Å². The Hall–Kier alpha value is -1.72. The van der Waals surface area contributed by atoms with Gasteiger partial charge in [-0.1, -0.05) is 6.07 Å². The molecule has 0 bridgehead atoms. The van der Waals surface area contributed by atoms with Gasteiger partial charge in [-0.3, -0.25) is 4.79 Å². The van der Waals surface area contributed by atoms with Crippen molar-refractivity contribution in [3.05, 3.63) is 51.0 Å². The van der Waals surface area contributed by atoms with E-state index < -0.39 is 0 Å². The second kappa shape index (κ2) is 5.11. The zero-order valence-corrected chi connectivity index (χ0v) is 11.5. The van der Waals surface area contributed by atoms with E-state index in [9.17, 15) is 4.79 Å². The fourth-order valence-corrected chi connectivity index (χ4v) is 2.93. The Balaban J connectivity index is 1.67. The molecule has 0 unspecified atom stereocenters. The highest BCUT2D eigenvalue weighted by atomic mass is 32.1. The van der Waals surface area contributed by atoms with Crippen LogP contribution in [0.1, 0.15) is 31.4 Å². The number of hydrogen-bond acceptors (Lipinski definition) is 4. The first-order valence-corrected chi connectivity index (χ1v) is 7.06. The quantitative estimate of drug-likeness (QED) is 0.899. The van der Waals surface area contributed by atoms with Gasteiger partial charge in [-0.15, -0.1) is 11.3 Å². The minimum atomic E-state index is -0.0271. The molecule has 1 aromatic carbocycles. The van der Waals surface area contributed by atoms with Crippen LogP contribution in [0.25, 0.3) is 0 Å². The molecule has 0 aliphatic carbocycles. The molecule has 2 aromatic rings. The molecule has 5 heteroatoms. The van der Waals surface area contributed by atoms with Gasteiger partial charge in [0.05, 0.1) is 11.6 Å². The molecule has 1 aliphatic heterocycles. The number of aryl methyl sites for hydroxylation is 1. The monoisotopic (exact) mass is 273 g/mol. The molecule has 98 valence electrons. The smallest absolute Gasteiger partial charge is 0.251 e. The van der Waals surface area contributed by atoms with Crippen LogP contribution in [-0.4, -0.2) is 10.9 Å². The lowest BCUT2D eigenvalue weighted by molar-refractivity contribution is 0.0951. The van der Waals surface area contributed by atoms with Crippen LogP contribution in [0.3, 0.4) is 0 Å². The maximum atomic E-state index is 12.1. The van der Waals surface area contributed by atoms with Crippen molar-refractivity contribution in [2.75, 3.05) is 0 Å². The fraction of sp³-hybridized carbons (Fsp3) is 0.286. The van der Waals surface area contributed by atoms with Crippen LogP contribution in [0.15, 0.2) is 24.4 Å². The van der Waals surface area contributed by atoms with E-state index in [1.54, 1.807) is 11.3 Å². The van der Waals surface area contributed by atoms with Gasteiger partial charge in [0.25, 0.3) is 5.91 Å². The highest BCUT2D eigenvalue weighted by Crippen LogP contribution is 2.17. The largest absolute Gasteiger partial charge is 0.347 e. The summed E-state index contributed by atoms with van der Waals surface area (Å²) in [5.74, 6) is -0.0271. The molecule has 4 nitrogen and oxygen atoms in total. The lowest BCUT2D eigenvalue weighted by Gasteiger charge is -2.05. The van der Waals surface area contributed by atoms with Gasteiger partial charge in [0.15, 0.2) is 0 Å². The van der Waals surface area contributed by atoms with Crippen LogP contribution < -0.4 is 10.6 Å². The van der Waals surface area contributed by atoms with E-state index in [0.29, 0.717) is 6.54 Å². The van der Waals surface area contributed by atoms with E-state index >= 15 is 0 Å². The Labute approximate surface area is 115 Å². The van der Waals surface area contributed by atoms with Gasteiger partial charge in [0.1, 0.15) is 0 Å². The standard InChI is InChI=1S/C14H15N3OS/c1-9-16-7-13(19-9)8-17-14(18)10-2-3-11-5-15-6-12(11)4-10/h2-4,7,15H,5-6,8H2,1H3,(H,17,18). The van der Waals surface area contributed by atoms with E-state index in [2.05, 4.69) is 15.6 Å². The summed E-state index contributed by atoms with van der Waals surface area (Å²) in [6.07, 6.45) is 1.81. The molecule has 2 heterocycles. The number of amides is 1. The molecular weight excluding hydrogens is 258 g/mol. The highest BCUT2D eigenvalue weighted by Gasteiger charge is 2.13. The number of carbonyl (C=O) groups excluding carboxylic acids is 1. The van der Waals surface area contributed by atoms with Gasteiger partial charge < -0.3 is 10.6 Å². The van der Waals surface area contributed by atoms with Crippen molar-refractivity contribution < 1.29 is 4.79 Å². The second-order valence-electron chi connectivity index (χ2n) is 4.62. The first kappa shape index (κ1) is 12.3. The molecule has 0 fully saturated rings. The van der Waals surface area contributed by atoms with Crippen molar-refractivity contribution in [1.82, 2.24) is 15.6 Å². The summed E-state index contributed by atoms with van der Waals surface area (Å²) in [6.45, 7) is 4.25. The van der Waals surface area contributed by atoms with Crippen molar-refractivity contribution in [3.8, 4) is 0 Å². The Kier molecular flexibility index (Phi) is 3.31. The van der Waals surface area contributed by atoms with Crippen LogP contribution in [-0.2, 0) is 19.6 Å². The summed E-state index contributed by atoms with van der Waals surface area (Å²) in [5.41, 5.74) is 3.24. The number of hydrogen-bond donors (Lipinski definition) is 2. The lowest BCUT2D eigenvalue weighted by Crippen LogP contribution is -2.22. The zero-order valence-electron chi connectivity index (χ0n) is 10.7. The van der Waals surface area contributed by atoms with Crippen molar-refractivity contribution >= 4 is 17.2 Å². The fourth-order valence-electron chi connectivity index (χ4n) is 2.19.